The molecule has 1 atom stereocenters. The summed E-state index contributed by atoms with van der Waals surface area (Å²) in [6.07, 6.45) is 5.08. The van der Waals surface area contributed by atoms with Crippen molar-refractivity contribution in [1.29, 1.82) is 0 Å². The van der Waals surface area contributed by atoms with Crippen molar-refractivity contribution in [2.45, 2.75) is 19.3 Å². The van der Waals surface area contributed by atoms with Gasteiger partial charge in [0.25, 0.3) is 5.91 Å². The number of halogens is 1. The van der Waals surface area contributed by atoms with Crippen molar-refractivity contribution in [2.75, 3.05) is 26.3 Å². The second-order valence-electron chi connectivity index (χ2n) is 5.23. The van der Waals surface area contributed by atoms with Crippen LogP contribution in [0.15, 0.2) is 10.1 Å². The Hall–Kier alpha value is -0.460. The Balaban J connectivity index is 1.56. The fourth-order valence-electron chi connectivity index (χ4n) is 3.01. The molecular formula is C13H17BrN2O2S. The van der Waals surface area contributed by atoms with Crippen LogP contribution in [-0.2, 0) is 4.74 Å². The van der Waals surface area contributed by atoms with E-state index < -0.39 is 0 Å². The molecule has 1 unspecified atom stereocenters. The molecule has 2 fully saturated rings. The monoisotopic (exact) mass is 344 g/mol. The molecule has 3 rings (SSSR count). The lowest BCUT2D eigenvalue weighted by molar-refractivity contribution is 0.0653. The zero-order valence-corrected chi connectivity index (χ0v) is 13.1. The molecule has 104 valence electrons. The van der Waals surface area contributed by atoms with Gasteiger partial charge in [0.1, 0.15) is 4.88 Å². The summed E-state index contributed by atoms with van der Waals surface area (Å²) in [5.41, 5.74) is 0. The van der Waals surface area contributed by atoms with Gasteiger partial charge < -0.3 is 9.64 Å². The van der Waals surface area contributed by atoms with E-state index in [0.29, 0.717) is 0 Å². The summed E-state index contributed by atoms with van der Waals surface area (Å²) in [6, 6.07) is 0. The van der Waals surface area contributed by atoms with Crippen LogP contribution in [0.1, 0.15) is 28.9 Å². The van der Waals surface area contributed by atoms with Crippen LogP contribution in [-0.4, -0.2) is 42.1 Å². The molecule has 6 heteroatoms. The fourth-order valence-corrected chi connectivity index (χ4v) is 4.24. The second-order valence-corrected chi connectivity index (χ2v) is 7.54. The van der Waals surface area contributed by atoms with Gasteiger partial charge in [-0.1, -0.05) is 0 Å². The molecule has 3 heterocycles. The number of hydrogen-bond acceptors (Lipinski definition) is 4. The van der Waals surface area contributed by atoms with Crippen molar-refractivity contribution in [1.82, 2.24) is 9.88 Å². The average molecular weight is 345 g/mol. The van der Waals surface area contributed by atoms with Crippen molar-refractivity contribution in [3.63, 3.8) is 0 Å². The maximum absolute atomic E-state index is 12.3. The van der Waals surface area contributed by atoms with Crippen LogP contribution < -0.4 is 0 Å². The highest BCUT2D eigenvalue weighted by molar-refractivity contribution is 9.11. The summed E-state index contributed by atoms with van der Waals surface area (Å²) in [6.45, 7) is 3.57. The minimum Gasteiger partial charge on any atom is -0.381 e. The summed E-state index contributed by atoms with van der Waals surface area (Å²) in [5.74, 6) is 1.58. The molecule has 0 N–H and O–H groups in total. The highest BCUT2D eigenvalue weighted by atomic mass is 79.9. The molecule has 0 radical (unpaired) electrons. The molecule has 19 heavy (non-hydrogen) atoms. The number of hydrogen-bond donors (Lipinski definition) is 0. The molecule has 1 aromatic rings. The number of carbonyl (C=O) groups excluding carboxylic acids is 1. The number of carbonyl (C=O) groups is 1. The summed E-state index contributed by atoms with van der Waals surface area (Å²) >= 11 is 4.71. The van der Waals surface area contributed by atoms with Crippen LogP contribution in [0.5, 0.6) is 0 Å². The van der Waals surface area contributed by atoms with E-state index in [1.807, 2.05) is 4.90 Å². The molecule has 0 spiro atoms. The number of ether oxygens (including phenoxy) is 1. The Morgan fingerprint density at radius 3 is 2.74 bits per heavy atom. The minimum absolute atomic E-state index is 0.129. The molecule has 2 aliphatic rings. The van der Waals surface area contributed by atoms with Crippen molar-refractivity contribution < 1.29 is 9.53 Å². The summed E-state index contributed by atoms with van der Waals surface area (Å²) < 4.78 is 6.24. The highest BCUT2D eigenvalue weighted by Crippen LogP contribution is 2.31. The van der Waals surface area contributed by atoms with Gasteiger partial charge in [-0.3, -0.25) is 4.79 Å². The van der Waals surface area contributed by atoms with Crippen LogP contribution >= 0.6 is 27.3 Å². The second kappa shape index (κ2) is 5.89. The maximum atomic E-state index is 12.3. The third-order valence-electron chi connectivity index (χ3n) is 4.15. The number of thiazole rings is 1. The molecule has 4 nitrogen and oxygen atoms in total. The van der Waals surface area contributed by atoms with Gasteiger partial charge in [0.15, 0.2) is 3.92 Å². The van der Waals surface area contributed by atoms with Crippen LogP contribution in [0.3, 0.4) is 0 Å². The van der Waals surface area contributed by atoms with Gasteiger partial charge in [-0.15, -0.1) is 11.3 Å². The first kappa shape index (κ1) is 13.5. The van der Waals surface area contributed by atoms with Crippen LogP contribution in [0.25, 0.3) is 0 Å². The summed E-state index contributed by atoms with van der Waals surface area (Å²) in [5, 5.41) is 0. The van der Waals surface area contributed by atoms with E-state index in [0.717, 1.165) is 59.8 Å². The van der Waals surface area contributed by atoms with Crippen LogP contribution in [0, 0.1) is 11.8 Å². The van der Waals surface area contributed by atoms with E-state index in [2.05, 4.69) is 20.9 Å². The minimum atomic E-state index is 0.129. The van der Waals surface area contributed by atoms with E-state index in [9.17, 15) is 4.79 Å². The molecule has 1 aromatic heterocycles. The fraction of sp³-hybridized carbons (Fsp3) is 0.692. The van der Waals surface area contributed by atoms with E-state index >= 15 is 0 Å². The van der Waals surface area contributed by atoms with Crippen LogP contribution in [0.4, 0.5) is 0 Å². The number of piperidine rings is 1. The number of amides is 1. The first-order valence-corrected chi connectivity index (χ1v) is 8.33. The molecule has 0 aliphatic carbocycles. The third-order valence-corrected chi connectivity index (χ3v) is 5.61. The van der Waals surface area contributed by atoms with Gasteiger partial charge in [-0.05, 0) is 47.0 Å². The summed E-state index contributed by atoms with van der Waals surface area (Å²) in [4.78, 5) is 19.1. The van der Waals surface area contributed by atoms with E-state index in [1.165, 1.54) is 17.8 Å². The Morgan fingerprint density at radius 1 is 1.37 bits per heavy atom. The molecule has 1 amide bonds. The van der Waals surface area contributed by atoms with Gasteiger partial charge in [-0.25, -0.2) is 4.98 Å². The number of rotatable bonds is 2. The van der Waals surface area contributed by atoms with Gasteiger partial charge in [0.2, 0.25) is 0 Å². The molecule has 2 aliphatic heterocycles. The summed E-state index contributed by atoms with van der Waals surface area (Å²) in [7, 11) is 0. The van der Waals surface area contributed by atoms with Gasteiger partial charge in [-0.2, -0.15) is 0 Å². The standard InChI is InChI=1S/C13H17BrN2O2S/c14-13-15-7-11(19-13)12(17)16-4-1-9(2-5-16)10-3-6-18-8-10/h7,9-10H,1-6,8H2. The van der Waals surface area contributed by atoms with Gasteiger partial charge in [0, 0.05) is 26.3 Å². The zero-order chi connectivity index (χ0) is 13.2. The Labute approximate surface area is 125 Å². The van der Waals surface area contributed by atoms with Crippen molar-refractivity contribution in [3.05, 3.63) is 15.0 Å². The Morgan fingerprint density at radius 2 is 2.16 bits per heavy atom. The smallest absolute Gasteiger partial charge is 0.265 e. The molecule has 0 aromatic carbocycles. The Bertz CT molecular complexity index is 451. The van der Waals surface area contributed by atoms with Crippen molar-refractivity contribution in [3.8, 4) is 0 Å². The lowest BCUT2D eigenvalue weighted by Crippen LogP contribution is -2.39. The molecule has 2 saturated heterocycles. The lowest BCUT2D eigenvalue weighted by atomic mass is 9.84. The molecule has 0 saturated carbocycles. The number of aromatic nitrogens is 1. The third kappa shape index (κ3) is 3.01. The van der Waals surface area contributed by atoms with Gasteiger partial charge >= 0.3 is 0 Å². The van der Waals surface area contributed by atoms with E-state index in [-0.39, 0.29) is 5.91 Å². The topological polar surface area (TPSA) is 42.4 Å². The van der Waals surface area contributed by atoms with Crippen molar-refractivity contribution >= 4 is 33.2 Å². The number of likely N-dealkylation sites (tertiary alicyclic amines) is 1. The molecular weight excluding hydrogens is 328 g/mol. The van der Waals surface area contributed by atoms with Gasteiger partial charge in [0.05, 0.1) is 6.20 Å². The lowest BCUT2D eigenvalue weighted by Gasteiger charge is -2.34. The SMILES string of the molecule is O=C(c1cnc(Br)s1)N1CCC(C2CCOC2)CC1. The van der Waals surface area contributed by atoms with E-state index in [4.69, 9.17) is 4.74 Å². The largest absolute Gasteiger partial charge is 0.381 e. The van der Waals surface area contributed by atoms with Crippen molar-refractivity contribution in [2.24, 2.45) is 11.8 Å². The highest BCUT2D eigenvalue weighted by Gasteiger charge is 2.31. The quantitative estimate of drug-likeness (QED) is 0.828. The van der Waals surface area contributed by atoms with Crippen LogP contribution in [0.2, 0.25) is 0 Å². The predicted octanol–water partition coefficient (Wildman–Crippen LogP) is 2.79. The average Bonchev–Trinajstić information content (AvgIpc) is 3.09. The Kier molecular flexibility index (Phi) is 4.19. The predicted molar refractivity (Wildman–Crippen MR) is 77.4 cm³/mol. The molecule has 0 bridgehead atoms. The normalized spacial score (nSPS) is 24.9. The zero-order valence-electron chi connectivity index (χ0n) is 10.7. The number of nitrogens with zero attached hydrogens (tertiary/aromatic N) is 2. The van der Waals surface area contributed by atoms with E-state index in [1.54, 1.807) is 6.20 Å². The first-order valence-electron chi connectivity index (χ1n) is 6.72. The maximum Gasteiger partial charge on any atom is 0.265 e. The first-order chi connectivity index (χ1) is 9.24.